The predicted octanol–water partition coefficient (Wildman–Crippen LogP) is 3.23. The third-order valence-electron chi connectivity index (χ3n) is 5.73. The maximum absolute atomic E-state index is 12.3. The van der Waals surface area contributed by atoms with Gasteiger partial charge in [-0.15, -0.1) is 0 Å². The molecule has 1 aliphatic carbocycles. The summed E-state index contributed by atoms with van der Waals surface area (Å²) in [6.07, 6.45) is 10.9. The Morgan fingerprint density at radius 1 is 1.20 bits per heavy atom. The number of amides is 2. The summed E-state index contributed by atoms with van der Waals surface area (Å²) in [6, 6.07) is 7.16. The van der Waals surface area contributed by atoms with Gasteiger partial charge in [0.15, 0.2) is 0 Å². The molecule has 1 aromatic carbocycles. The molecule has 1 atom stereocenters. The molecule has 0 unspecified atom stereocenters. The molecule has 4 nitrogen and oxygen atoms in total. The summed E-state index contributed by atoms with van der Waals surface area (Å²) in [5.74, 6) is 0. The van der Waals surface area contributed by atoms with Crippen LogP contribution in [0.4, 0.5) is 4.79 Å². The van der Waals surface area contributed by atoms with Crippen LogP contribution in [0.1, 0.15) is 36.5 Å². The second-order valence-corrected chi connectivity index (χ2v) is 7.38. The van der Waals surface area contributed by atoms with E-state index in [1.54, 1.807) is 0 Å². The predicted molar refractivity (Wildman–Crippen MR) is 100 cm³/mol. The van der Waals surface area contributed by atoms with Crippen molar-refractivity contribution in [3.63, 3.8) is 0 Å². The smallest absolute Gasteiger partial charge is 0.317 e. The lowest BCUT2D eigenvalue weighted by Crippen LogP contribution is -2.41. The molecule has 25 heavy (non-hydrogen) atoms. The van der Waals surface area contributed by atoms with E-state index in [9.17, 15) is 4.79 Å². The number of allylic oxidation sites excluding steroid dienone is 3. The first kappa shape index (κ1) is 16.2. The molecule has 2 heterocycles. The van der Waals surface area contributed by atoms with Gasteiger partial charge in [-0.2, -0.15) is 0 Å². The van der Waals surface area contributed by atoms with Gasteiger partial charge in [-0.1, -0.05) is 24.3 Å². The number of carbonyl (C=O) groups excluding carboxylic acids is 1. The molecule has 132 valence electrons. The molecule has 0 radical (unpaired) electrons. The molecule has 0 aromatic heterocycles. The van der Waals surface area contributed by atoms with E-state index in [4.69, 9.17) is 0 Å². The normalized spacial score (nSPS) is 22.1. The maximum atomic E-state index is 12.3. The van der Waals surface area contributed by atoms with Crippen LogP contribution in [-0.2, 0) is 19.4 Å². The number of fused-ring (bicyclic) bond motifs is 1. The molecule has 2 aliphatic heterocycles. The van der Waals surface area contributed by atoms with Crippen molar-refractivity contribution in [3.05, 3.63) is 58.8 Å². The fourth-order valence-corrected chi connectivity index (χ4v) is 4.05. The summed E-state index contributed by atoms with van der Waals surface area (Å²) in [6.45, 7) is 5.80. The van der Waals surface area contributed by atoms with Crippen LogP contribution in [0.2, 0.25) is 0 Å². The van der Waals surface area contributed by atoms with Crippen LogP contribution in [0.15, 0.2) is 42.1 Å². The van der Waals surface area contributed by atoms with Gasteiger partial charge in [0.2, 0.25) is 0 Å². The van der Waals surface area contributed by atoms with Gasteiger partial charge < -0.3 is 15.1 Å². The van der Waals surface area contributed by atoms with E-state index in [1.807, 2.05) is 4.90 Å². The van der Waals surface area contributed by atoms with Crippen LogP contribution in [-0.4, -0.2) is 41.5 Å². The minimum atomic E-state index is 0.0785. The van der Waals surface area contributed by atoms with Crippen LogP contribution >= 0.6 is 0 Å². The summed E-state index contributed by atoms with van der Waals surface area (Å²) < 4.78 is 0. The second kappa shape index (κ2) is 6.95. The zero-order valence-electron chi connectivity index (χ0n) is 15.0. The van der Waals surface area contributed by atoms with Crippen molar-refractivity contribution in [2.75, 3.05) is 19.6 Å². The highest BCUT2D eigenvalue weighted by molar-refractivity contribution is 5.74. The Labute approximate surface area is 150 Å². The summed E-state index contributed by atoms with van der Waals surface area (Å²) in [5.41, 5.74) is 5.46. The Bertz CT molecular complexity index is 722. The lowest BCUT2D eigenvalue weighted by molar-refractivity contribution is 0.195. The third kappa shape index (κ3) is 3.44. The number of nitrogens with zero attached hydrogens (tertiary/aromatic N) is 2. The SMILES string of the molecule is C[C@H]1CCCN1C(=O)NCc1ccc2c(c1)CCN(C1=CC=C1)CC2. The van der Waals surface area contributed by atoms with Crippen molar-refractivity contribution in [1.82, 2.24) is 15.1 Å². The van der Waals surface area contributed by atoms with E-state index in [0.717, 1.165) is 45.3 Å². The van der Waals surface area contributed by atoms with Crippen molar-refractivity contribution < 1.29 is 4.79 Å². The van der Waals surface area contributed by atoms with E-state index < -0.39 is 0 Å². The molecule has 0 bridgehead atoms. The molecular weight excluding hydrogens is 310 g/mol. The minimum absolute atomic E-state index is 0.0785. The van der Waals surface area contributed by atoms with Gasteiger partial charge in [0.1, 0.15) is 0 Å². The van der Waals surface area contributed by atoms with Gasteiger partial charge in [-0.25, -0.2) is 4.79 Å². The maximum Gasteiger partial charge on any atom is 0.317 e. The summed E-state index contributed by atoms with van der Waals surface area (Å²) >= 11 is 0. The Kier molecular flexibility index (Phi) is 4.51. The van der Waals surface area contributed by atoms with Crippen molar-refractivity contribution in [1.29, 1.82) is 0 Å². The first-order chi connectivity index (χ1) is 12.2. The molecule has 0 saturated carbocycles. The Morgan fingerprint density at radius 2 is 2.00 bits per heavy atom. The summed E-state index contributed by atoms with van der Waals surface area (Å²) in [5, 5.41) is 3.10. The number of nitrogens with one attached hydrogen (secondary N) is 1. The summed E-state index contributed by atoms with van der Waals surface area (Å²) in [4.78, 5) is 16.8. The molecule has 0 spiro atoms. The van der Waals surface area contributed by atoms with Gasteiger partial charge in [0.25, 0.3) is 0 Å². The third-order valence-corrected chi connectivity index (χ3v) is 5.73. The van der Waals surface area contributed by atoms with E-state index in [2.05, 4.69) is 53.6 Å². The van der Waals surface area contributed by atoms with Crippen LogP contribution in [0.25, 0.3) is 0 Å². The van der Waals surface area contributed by atoms with Crippen LogP contribution in [0.5, 0.6) is 0 Å². The molecule has 4 rings (SSSR count). The van der Waals surface area contributed by atoms with Crippen molar-refractivity contribution in [2.24, 2.45) is 0 Å². The molecule has 1 saturated heterocycles. The van der Waals surface area contributed by atoms with Gasteiger partial charge in [0, 0.05) is 37.9 Å². The largest absolute Gasteiger partial charge is 0.371 e. The van der Waals surface area contributed by atoms with Crippen LogP contribution in [0, 0.1) is 0 Å². The van der Waals surface area contributed by atoms with Crippen molar-refractivity contribution in [2.45, 2.75) is 45.2 Å². The molecule has 2 amide bonds. The van der Waals surface area contributed by atoms with Crippen LogP contribution < -0.4 is 5.32 Å². The number of likely N-dealkylation sites (tertiary alicyclic amines) is 1. The zero-order chi connectivity index (χ0) is 17.2. The molecule has 1 N–H and O–H groups in total. The van der Waals surface area contributed by atoms with Crippen LogP contribution in [0.3, 0.4) is 0 Å². The summed E-state index contributed by atoms with van der Waals surface area (Å²) in [7, 11) is 0. The fraction of sp³-hybridized carbons (Fsp3) is 0.476. The second-order valence-electron chi connectivity index (χ2n) is 7.38. The highest BCUT2D eigenvalue weighted by Gasteiger charge is 2.24. The lowest BCUT2D eigenvalue weighted by Gasteiger charge is -2.26. The molecule has 3 aliphatic rings. The fourth-order valence-electron chi connectivity index (χ4n) is 4.05. The first-order valence-electron chi connectivity index (χ1n) is 9.49. The average molecular weight is 337 g/mol. The zero-order valence-corrected chi connectivity index (χ0v) is 15.0. The van der Waals surface area contributed by atoms with Gasteiger partial charge >= 0.3 is 6.03 Å². The highest BCUT2D eigenvalue weighted by Crippen LogP contribution is 2.22. The molecular formula is C21H27N3O. The van der Waals surface area contributed by atoms with E-state index in [0.29, 0.717) is 12.6 Å². The Morgan fingerprint density at radius 3 is 2.68 bits per heavy atom. The quantitative estimate of drug-likeness (QED) is 0.919. The Hall–Kier alpha value is -2.23. The van der Waals surface area contributed by atoms with Crippen molar-refractivity contribution in [3.8, 4) is 0 Å². The highest BCUT2D eigenvalue weighted by atomic mass is 16.2. The number of urea groups is 1. The monoisotopic (exact) mass is 337 g/mol. The molecule has 4 heteroatoms. The number of hydrogen-bond acceptors (Lipinski definition) is 2. The lowest BCUT2D eigenvalue weighted by atomic mass is 10.00. The topological polar surface area (TPSA) is 35.6 Å². The minimum Gasteiger partial charge on any atom is -0.371 e. The van der Waals surface area contributed by atoms with Gasteiger partial charge in [-0.3, -0.25) is 0 Å². The van der Waals surface area contributed by atoms with E-state index >= 15 is 0 Å². The van der Waals surface area contributed by atoms with E-state index in [-0.39, 0.29) is 6.03 Å². The molecule has 1 aromatic rings. The Balaban J connectivity index is 1.37. The number of carbonyl (C=O) groups is 1. The van der Waals surface area contributed by atoms with Gasteiger partial charge in [0.05, 0.1) is 0 Å². The number of benzene rings is 1. The van der Waals surface area contributed by atoms with E-state index in [1.165, 1.54) is 22.4 Å². The number of hydrogen-bond donors (Lipinski definition) is 1. The van der Waals surface area contributed by atoms with Crippen molar-refractivity contribution >= 4 is 6.03 Å². The number of rotatable bonds is 3. The average Bonchev–Trinajstić information content (AvgIpc) is 2.89. The standard InChI is InChI=1S/C21H27N3O/c1-16-4-3-11-24(16)21(25)22-15-17-7-8-18-9-12-23(20-5-2-6-20)13-10-19(18)14-17/h2,5-8,14,16H,3-4,9-13,15H2,1H3,(H,22,25)/t16-/m0/s1. The van der Waals surface area contributed by atoms with Gasteiger partial charge in [-0.05, 0) is 61.4 Å². The molecule has 1 fully saturated rings. The first-order valence-corrected chi connectivity index (χ1v) is 9.49.